The molecular weight excluding hydrogens is 532 g/mol. The molecule has 200 valence electrons. The van der Waals surface area contributed by atoms with Crippen molar-refractivity contribution in [2.45, 2.75) is 36.5 Å². The van der Waals surface area contributed by atoms with E-state index in [2.05, 4.69) is 9.88 Å². The number of thiazole rings is 1. The third-order valence-electron chi connectivity index (χ3n) is 6.47. The van der Waals surface area contributed by atoms with E-state index in [4.69, 9.17) is 0 Å². The number of aromatic nitrogens is 1. The van der Waals surface area contributed by atoms with Gasteiger partial charge in [-0.05, 0) is 48.9 Å². The highest BCUT2D eigenvalue weighted by molar-refractivity contribution is 7.90. The number of hydrogen-bond acceptors (Lipinski definition) is 8. The number of sulfonamides is 1. The Morgan fingerprint density at radius 3 is 2.22 bits per heavy atom. The van der Waals surface area contributed by atoms with Crippen LogP contribution in [-0.4, -0.2) is 82.5 Å². The third kappa shape index (κ3) is 5.97. The van der Waals surface area contributed by atoms with Crippen molar-refractivity contribution in [3.8, 4) is 0 Å². The average Bonchev–Trinajstić information content (AvgIpc) is 3.32. The number of amides is 1. The SMILES string of the molecule is CCCCN(CC)S(=O)(=O)c1ccc(C(=O)N2CCN(c3nc4ccc(S(C)(=O)=O)cc4s3)CC2)cc1. The summed E-state index contributed by atoms with van der Waals surface area (Å²) >= 11 is 1.44. The first-order valence-electron chi connectivity index (χ1n) is 12.3. The van der Waals surface area contributed by atoms with E-state index in [0.29, 0.717) is 44.8 Å². The number of hydrogen-bond donors (Lipinski definition) is 0. The van der Waals surface area contributed by atoms with Gasteiger partial charge in [-0.3, -0.25) is 4.79 Å². The quantitative estimate of drug-likeness (QED) is 0.392. The van der Waals surface area contributed by atoms with E-state index in [1.54, 1.807) is 35.2 Å². The Morgan fingerprint density at radius 2 is 1.62 bits per heavy atom. The number of sulfone groups is 1. The molecule has 9 nitrogen and oxygen atoms in total. The van der Waals surface area contributed by atoms with Crippen molar-refractivity contribution in [3.63, 3.8) is 0 Å². The van der Waals surface area contributed by atoms with Crippen molar-refractivity contribution < 1.29 is 21.6 Å². The second-order valence-electron chi connectivity index (χ2n) is 9.05. The summed E-state index contributed by atoms with van der Waals surface area (Å²) in [6, 6.07) is 11.1. The van der Waals surface area contributed by atoms with E-state index in [0.717, 1.165) is 28.2 Å². The van der Waals surface area contributed by atoms with E-state index < -0.39 is 19.9 Å². The standard InChI is InChI=1S/C25H32N4O5S3/c1-4-6-13-29(5-2)37(33,34)20-9-7-19(8-10-20)24(30)27-14-16-28(17-15-27)25-26-22-12-11-21(36(3,31)32)18-23(22)35-25/h7-12,18H,4-6,13-17H2,1-3H3. The zero-order valence-corrected chi connectivity index (χ0v) is 23.7. The maximum absolute atomic E-state index is 13.1. The molecule has 1 aliphatic rings. The lowest BCUT2D eigenvalue weighted by Gasteiger charge is -2.34. The Morgan fingerprint density at radius 1 is 0.973 bits per heavy atom. The lowest BCUT2D eigenvalue weighted by molar-refractivity contribution is 0.0746. The van der Waals surface area contributed by atoms with E-state index in [9.17, 15) is 21.6 Å². The molecule has 0 N–H and O–H groups in total. The van der Waals surface area contributed by atoms with Gasteiger partial charge >= 0.3 is 0 Å². The number of rotatable bonds is 9. The molecular formula is C25H32N4O5S3. The zero-order chi connectivity index (χ0) is 26.8. The molecule has 1 fully saturated rings. The van der Waals surface area contributed by atoms with Gasteiger partial charge in [0.1, 0.15) is 0 Å². The Bertz CT molecular complexity index is 1480. The highest BCUT2D eigenvalue weighted by atomic mass is 32.2. The Balaban J connectivity index is 1.41. The van der Waals surface area contributed by atoms with Gasteiger partial charge in [-0.25, -0.2) is 21.8 Å². The summed E-state index contributed by atoms with van der Waals surface area (Å²) in [6.45, 7) is 6.94. The summed E-state index contributed by atoms with van der Waals surface area (Å²) in [6.07, 6.45) is 2.90. The minimum Gasteiger partial charge on any atom is -0.345 e. The van der Waals surface area contributed by atoms with Crippen molar-refractivity contribution in [2.24, 2.45) is 0 Å². The number of anilines is 1. The molecule has 1 aromatic heterocycles. The lowest BCUT2D eigenvalue weighted by Crippen LogP contribution is -2.48. The number of nitrogens with zero attached hydrogens (tertiary/aromatic N) is 4. The molecule has 0 unspecified atom stereocenters. The molecule has 1 amide bonds. The Labute approximate surface area is 222 Å². The summed E-state index contributed by atoms with van der Waals surface area (Å²) < 4.78 is 51.9. The van der Waals surface area contributed by atoms with Crippen LogP contribution >= 0.6 is 11.3 Å². The van der Waals surface area contributed by atoms with E-state index in [-0.39, 0.29) is 15.7 Å². The van der Waals surface area contributed by atoms with Crippen LogP contribution < -0.4 is 4.90 Å². The topological polar surface area (TPSA) is 108 Å². The first kappa shape index (κ1) is 27.5. The fourth-order valence-corrected chi connectivity index (χ4v) is 7.51. The molecule has 0 atom stereocenters. The minimum absolute atomic E-state index is 0.135. The summed E-state index contributed by atoms with van der Waals surface area (Å²) in [4.78, 5) is 22.1. The van der Waals surface area contributed by atoms with E-state index in [1.165, 1.54) is 34.0 Å². The largest absolute Gasteiger partial charge is 0.345 e. The summed E-state index contributed by atoms with van der Waals surface area (Å²) in [5.41, 5.74) is 1.20. The van der Waals surface area contributed by atoms with Gasteiger partial charge in [0, 0.05) is 51.1 Å². The average molecular weight is 565 g/mol. The minimum atomic E-state index is -3.59. The van der Waals surface area contributed by atoms with Gasteiger partial charge in [0.2, 0.25) is 10.0 Å². The molecule has 1 saturated heterocycles. The molecule has 12 heteroatoms. The molecule has 0 bridgehead atoms. The fraction of sp³-hybridized carbons (Fsp3) is 0.440. The van der Waals surface area contributed by atoms with Gasteiger partial charge in [0.05, 0.1) is 20.0 Å². The second-order valence-corrected chi connectivity index (χ2v) is 14.0. The van der Waals surface area contributed by atoms with Crippen LogP contribution in [0.15, 0.2) is 52.3 Å². The van der Waals surface area contributed by atoms with Crippen molar-refractivity contribution >= 4 is 52.5 Å². The van der Waals surface area contributed by atoms with Gasteiger partial charge in [-0.2, -0.15) is 4.31 Å². The van der Waals surface area contributed by atoms with Gasteiger partial charge in [0.15, 0.2) is 15.0 Å². The van der Waals surface area contributed by atoms with Crippen molar-refractivity contribution in [1.82, 2.24) is 14.2 Å². The molecule has 0 radical (unpaired) electrons. The smallest absolute Gasteiger partial charge is 0.253 e. The number of unbranched alkanes of at least 4 members (excludes halogenated alkanes) is 1. The third-order valence-corrected chi connectivity index (χ3v) is 10.6. The number of fused-ring (bicyclic) bond motifs is 1. The van der Waals surface area contributed by atoms with Crippen LogP contribution in [0, 0.1) is 0 Å². The predicted molar refractivity (Wildman–Crippen MR) is 147 cm³/mol. The molecule has 37 heavy (non-hydrogen) atoms. The summed E-state index contributed by atoms with van der Waals surface area (Å²) in [5.74, 6) is -0.135. The first-order chi connectivity index (χ1) is 17.5. The van der Waals surface area contributed by atoms with Crippen molar-refractivity contribution in [3.05, 3.63) is 48.0 Å². The van der Waals surface area contributed by atoms with E-state index >= 15 is 0 Å². The molecule has 0 spiro atoms. The summed E-state index contributed by atoms with van der Waals surface area (Å²) in [7, 11) is -6.88. The van der Waals surface area contributed by atoms with Gasteiger partial charge in [0.25, 0.3) is 5.91 Å². The van der Waals surface area contributed by atoms with Crippen molar-refractivity contribution in [1.29, 1.82) is 0 Å². The highest BCUT2D eigenvalue weighted by Gasteiger charge is 2.26. The van der Waals surface area contributed by atoms with E-state index in [1.807, 2.05) is 13.8 Å². The monoisotopic (exact) mass is 564 g/mol. The normalized spacial score (nSPS) is 15.0. The predicted octanol–water partition coefficient (Wildman–Crippen LogP) is 3.47. The number of piperazine rings is 1. The maximum Gasteiger partial charge on any atom is 0.253 e. The van der Waals surface area contributed by atoms with Crippen LogP contribution in [-0.2, 0) is 19.9 Å². The Kier molecular flexibility index (Phi) is 8.22. The molecule has 2 aromatic carbocycles. The molecule has 2 heterocycles. The van der Waals surface area contributed by atoms with Gasteiger partial charge < -0.3 is 9.80 Å². The van der Waals surface area contributed by atoms with Crippen molar-refractivity contribution in [2.75, 3.05) is 50.4 Å². The number of carbonyl (C=O) groups is 1. The highest BCUT2D eigenvalue weighted by Crippen LogP contribution is 2.31. The van der Waals surface area contributed by atoms with Crippen LogP contribution in [0.4, 0.5) is 5.13 Å². The second kappa shape index (κ2) is 11.1. The van der Waals surface area contributed by atoms with Crippen LogP contribution in [0.25, 0.3) is 10.2 Å². The fourth-order valence-electron chi connectivity index (χ4n) is 4.24. The molecule has 0 aliphatic carbocycles. The summed E-state index contributed by atoms with van der Waals surface area (Å²) in [5, 5.41) is 0.797. The number of carbonyl (C=O) groups excluding carboxylic acids is 1. The zero-order valence-electron chi connectivity index (χ0n) is 21.3. The van der Waals surface area contributed by atoms with Gasteiger partial charge in [-0.15, -0.1) is 0 Å². The van der Waals surface area contributed by atoms with Crippen LogP contribution in [0.3, 0.4) is 0 Å². The molecule has 4 rings (SSSR count). The first-order valence-corrected chi connectivity index (χ1v) is 16.4. The lowest BCUT2D eigenvalue weighted by atomic mass is 10.2. The maximum atomic E-state index is 13.1. The molecule has 0 saturated carbocycles. The Hall–Kier alpha value is -2.54. The molecule has 3 aromatic rings. The molecule has 1 aliphatic heterocycles. The number of benzene rings is 2. The van der Waals surface area contributed by atoms with Gasteiger partial charge in [-0.1, -0.05) is 31.6 Å². The van der Waals surface area contributed by atoms with Crippen LogP contribution in [0.5, 0.6) is 0 Å². The van der Waals surface area contributed by atoms with Crippen LogP contribution in [0.2, 0.25) is 0 Å². The van der Waals surface area contributed by atoms with Crippen LogP contribution in [0.1, 0.15) is 37.0 Å².